The summed E-state index contributed by atoms with van der Waals surface area (Å²) in [5, 5.41) is 16.2. The van der Waals surface area contributed by atoms with Crippen LogP contribution >= 0.6 is 0 Å². The van der Waals surface area contributed by atoms with Crippen LogP contribution in [0.1, 0.15) is 41.6 Å². The Morgan fingerprint density at radius 3 is 2.83 bits per heavy atom. The molecule has 6 heteroatoms. The third-order valence-corrected chi connectivity index (χ3v) is 3.26. The Morgan fingerprint density at radius 1 is 1.39 bits per heavy atom. The van der Waals surface area contributed by atoms with Crippen LogP contribution in [-0.4, -0.2) is 35.4 Å². The molecule has 1 unspecified atom stereocenters. The van der Waals surface area contributed by atoms with Gasteiger partial charge in [0, 0.05) is 18.5 Å². The van der Waals surface area contributed by atoms with Crippen LogP contribution in [0.5, 0.6) is 5.75 Å². The lowest BCUT2D eigenvalue weighted by atomic mass is 10.1. The highest BCUT2D eigenvalue weighted by molar-refractivity contribution is 5.92. The van der Waals surface area contributed by atoms with Crippen molar-refractivity contribution in [3.63, 3.8) is 0 Å². The fraction of sp³-hybridized carbons (Fsp3) is 0.412. The van der Waals surface area contributed by atoms with Crippen LogP contribution in [-0.2, 0) is 0 Å². The molecular weight excluding hydrogens is 296 g/mol. The van der Waals surface area contributed by atoms with Gasteiger partial charge in [0.05, 0.1) is 0 Å². The van der Waals surface area contributed by atoms with Gasteiger partial charge in [-0.3, -0.25) is 4.79 Å². The topological polar surface area (TPSA) is 84.6 Å². The molecule has 1 atom stereocenters. The van der Waals surface area contributed by atoms with Crippen molar-refractivity contribution in [1.29, 1.82) is 0 Å². The Kier molecular flexibility index (Phi) is 5.76. The van der Waals surface area contributed by atoms with Gasteiger partial charge in [-0.05, 0) is 24.6 Å². The number of ether oxygens (including phenoxy) is 1. The van der Waals surface area contributed by atoms with Gasteiger partial charge in [0.2, 0.25) is 0 Å². The van der Waals surface area contributed by atoms with Gasteiger partial charge in [0.25, 0.3) is 5.91 Å². The van der Waals surface area contributed by atoms with E-state index in [0.29, 0.717) is 11.5 Å². The first kappa shape index (κ1) is 17.0. The maximum absolute atomic E-state index is 11.9. The Hall–Kier alpha value is -2.34. The number of hydrogen-bond acceptors (Lipinski definition) is 5. The van der Waals surface area contributed by atoms with Crippen LogP contribution in [0, 0.1) is 6.92 Å². The molecule has 2 aromatic rings. The van der Waals surface area contributed by atoms with Gasteiger partial charge in [0.1, 0.15) is 24.2 Å². The molecule has 2 N–H and O–H groups in total. The SMILES string of the molecule is Cc1cccc(OCC(O)CNC(=O)c2cc(C(C)C)on2)c1. The number of carbonyl (C=O) groups excluding carboxylic acids is 1. The van der Waals surface area contributed by atoms with E-state index in [2.05, 4.69) is 10.5 Å². The molecule has 0 fully saturated rings. The molecule has 1 amide bonds. The Morgan fingerprint density at radius 2 is 2.17 bits per heavy atom. The summed E-state index contributed by atoms with van der Waals surface area (Å²) in [6, 6.07) is 9.16. The van der Waals surface area contributed by atoms with Gasteiger partial charge < -0.3 is 19.7 Å². The molecule has 0 aliphatic carbocycles. The maximum atomic E-state index is 11.9. The van der Waals surface area contributed by atoms with Gasteiger partial charge in [-0.25, -0.2) is 0 Å². The second kappa shape index (κ2) is 7.78. The van der Waals surface area contributed by atoms with E-state index >= 15 is 0 Å². The minimum absolute atomic E-state index is 0.0779. The van der Waals surface area contributed by atoms with E-state index in [0.717, 1.165) is 5.56 Å². The van der Waals surface area contributed by atoms with Gasteiger partial charge >= 0.3 is 0 Å². The first-order chi connectivity index (χ1) is 11.0. The predicted molar refractivity (Wildman–Crippen MR) is 85.6 cm³/mol. The molecule has 0 radical (unpaired) electrons. The minimum atomic E-state index is -0.809. The molecule has 0 aliphatic heterocycles. The molecule has 0 spiro atoms. The maximum Gasteiger partial charge on any atom is 0.273 e. The zero-order valence-corrected chi connectivity index (χ0v) is 13.6. The van der Waals surface area contributed by atoms with Gasteiger partial charge in [-0.15, -0.1) is 0 Å². The van der Waals surface area contributed by atoms with E-state index in [1.807, 2.05) is 45.0 Å². The zero-order chi connectivity index (χ0) is 16.8. The number of amides is 1. The van der Waals surface area contributed by atoms with Crippen LogP contribution < -0.4 is 10.1 Å². The Labute approximate surface area is 135 Å². The van der Waals surface area contributed by atoms with E-state index in [1.54, 1.807) is 6.07 Å². The molecule has 1 aromatic carbocycles. The smallest absolute Gasteiger partial charge is 0.273 e. The first-order valence-electron chi connectivity index (χ1n) is 7.58. The Balaban J connectivity index is 1.77. The number of rotatable bonds is 7. The molecule has 0 aliphatic rings. The quantitative estimate of drug-likeness (QED) is 0.818. The highest BCUT2D eigenvalue weighted by atomic mass is 16.5. The molecule has 0 saturated carbocycles. The summed E-state index contributed by atoms with van der Waals surface area (Å²) in [5.74, 6) is 1.12. The van der Waals surface area contributed by atoms with Crippen LogP contribution in [0.2, 0.25) is 0 Å². The van der Waals surface area contributed by atoms with Crippen molar-refractivity contribution in [1.82, 2.24) is 10.5 Å². The summed E-state index contributed by atoms with van der Waals surface area (Å²) >= 11 is 0. The highest BCUT2D eigenvalue weighted by Gasteiger charge is 2.15. The number of aliphatic hydroxyl groups excluding tert-OH is 1. The lowest BCUT2D eigenvalue weighted by Crippen LogP contribution is -2.35. The van der Waals surface area contributed by atoms with Crippen LogP contribution in [0.15, 0.2) is 34.9 Å². The van der Waals surface area contributed by atoms with E-state index in [9.17, 15) is 9.90 Å². The molecule has 0 saturated heterocycles. The summed E-state index contributed by atoms with van der Waals surface area (Å²) in [4.78, 5) is 11.9. The number of aryl methyl sites for hydroxylation is 1. The zero-order valence-electron chi connectivity index (χ0n) is 13.6. The second-order valence-corrected chi connectivity index (χ2v) is 5.76. The summed E-state index contributed by atoms with van der Waals surface area (Å²) < 4.78 is 10.6. The van der Waals surface area contributed by atoms with Gasteiger partial charge in [-0.2, -0.15) is 0 Å². The second-order valence-electron chi connectivity index (χ2n) is 5.76. The van der Waals surface area contributed by atoms with Crippen molar-refractivity contribution in [2.24, 2.45) is 0 Å². The average Bonchev–Trinajstić information content (AvgIpc) is 3.01. The van der Waals surface area contributed by atoms with E-state index in [4.69, 9.17) is 9.26 Å². The van der Waals surface area contributed by atoms with Crippen LogP contribution in [0.25, 0.3) is 0 Å². The van der Waals surface area contributed by atoms with Crippen molar-refractivity contribution in [2.45, 2.75) is 32.8 Å². The Bertz CT molecular complexity index is 652. The van der Waals surface area contributed by atoms with E-state index in [-0.39, 0.29) is 30.7 Å². The molecule has 124 valence electrons. The monoisotopic (exact) mass is 318 g/mol. The van der Waals surface area contributed by atoms with E-state index in [1.165, 1.54) is 0 Å². The number of carbonyl (C=O) groups is 1. The summed E-state index contributed by atoms with van der Waals surface area (Å²) in [5.41, 5.74) is 1.29. The average molecular weight is 318 g/mol. The number of nitrogens with one attached hydrogen (secondary N) is 1. The lowest BCUT2D eigenvalue weighted by molar-refractivity contribution is 0.0836. The fourth-order valence-electron chi connectivity index (χ4n) is 1.93. The molecule has 0 bridgehead atoms. The molecule has 2 rings (SSSR count). The minimum Gasteiger partial charge on any atom is -0.491 e. The van der Waals surface area contributed by atoms with Crippen LogP contribution in [0.4, 0.5) is 0 Å². The first-order valence-corrected chi connectivity index (χ1v) is 7.58. The predicted octanol–water partition coefficient (Wildman–Crippen LogP) is 2.28. The van der Waals surface area contributed by atoms with Crippen molar-refractivity contribution in [2.75, 3.05) is 13.2 Å². The van der Waals surface area contributed by atoms with Crippen molar-refractivity contribution in [3.8, 4) is 5.75 Å². The van der Waals surface area contributed by atoms with Gasteiger partial charge in [0.15, 0.2) is 5.69 Å². The normalized spacial score (nSPS) is 12.2. The highest BCUT2D eigenvalue weighted by Crippen LogP contribution is 2.15. The number of nitrogens with zero attached hydrogens (tertiary/aromatic N) is 1. The third kappa shape index (κ3) is 5.10. The number of aromatic nitrogens is 1. The number of benzene rings is 1. The van der Waals surface area contributed by atoms with Crippen molar-refractivity contribution >= 4 is 5.91 Å². The number of hydrogen-bond donors (Lipinski definition) is 2. The summed E-state index contributed by atoms with van der Waals surface area (Å²) in [6.07, 6.45) is -0.809. The number of aliphatic hydroxyl groups is 1. The molecular formula is C17H22N2O4. The molecule has 1 heterocycles. The fourth-order valence-corrected chi connectivity index (χ4v) is 1.93. The standard InChI is InChI=1S/C17H22N2O4/c1-11(2)16-8-15(19-23-16)17(21)18-9-13(20)10-22-14-6-4-5-12(3)7-14/h4-8,11,13,20H,9-10H2,1-3H3,(H,18,21). The summed E-state index contributed by atoms with van der Waals surface area (Å²) in [6.45, 7) is 6.05. The summed E-state index contributed by atoms with van der Waals surface area (Å²) in [7, 11) is 0. The van der Waals surface area contributed by atoms with E-state index < -0.39 is 6.10 Å². The molecule has 6 nitrogen and oxygen atoms in total. The lowest BCUT2D eigenvalue weighted by Gasteiger charge is -2.13. The van der Waals surface area contributed by atoms with Crippen molar-refractivity contribution in [3.05, 3.63) is 47.3 Å². The third-order valence-electron chi connectivity index (χ3n) is 3.26. The molecule has 1 aromatic heterocycles. The van der Waals surface area contributed by atoms with Crippen LogP contribution in [0.3, 0.4) is 0 Å². The van der Waals surface area contributed by atoms with Crippen molar-refractivity contribution < 1.29 is 19.2 Å². The van der Waals surface area contributed by atoms with Gasteiger partial charge in [-0.1, -0.05) is 31.1 Å². The molecule has 23 heavy (non-hydrogen) atoms. The largest absolute Gasteiger partial charge is 0.491 e.